The molecule has 0 aliphatic heterocycles. The van der Waals surface area contributed by atoms with Gasteiger partial charge in [-0.05, 0) is 19.8 Å². The first-order valence-corrected chi connectivity index (χ1v) is 6.23. The van der Waals surface area contributed by atoms with Gasteiger partial charge in [-0.25, -0.2) is 14.4 Å². The molecule has 0 rings (SSSR count). The first-order chi connectivity index (χ1) is 9.01. The summed E-state index contributed by atoms with van der Waals surface area (Å²) >= 11 is 0. The van der Waals surface area contributed by atoms with Crippen LogP contribution in [0.3, 0.4) is 0 Å². The molecule has 0 aliphatic carbocycles. The van der Waals surface area contributed by atoms with Gasteiger partial charge in [0.25, 0.3) is 0 Å². The number of esters is 3. The lowest BCUT2D eigenvalue weighted by atomic mass is 10.4. The SMILES string of the molecule is CCCOC(=O)/C=C\C(=O)OC(C)C(=O)OCCC. The molecule has 0 fully saturated rings. The van der Waals surface area contributed by atoms with Gasteiger partial charge in [0.05, 0.1) is 13.2 Å². The van der Waals surface area contributed by atoms with E-state index in [2.05, 4.69) is 0 Å². The van der Waals surface area contributed by atoms with E-state index in [1.807, 2.05) is 13.8 Å². The zero-order chi connectivity index (χ0) is 14.7. The number of carbonyl (C=O) groups excluding carboxylic acids is 3. The van der Waals surface area contributed by atoms with Gasteiger partial charge in [0, 0.05) is 12.2 Å². The molecule has 0 aromatic heterocycles. The van der Waals surface area contributed by atoms with Crippen molar-refractivity contribution in [1.29, 1.82) is 0 Å². The van der Waals surface area contributed by atoms with Crippen LogP contribution in [0.25, 0.3) is 0 Å². The predicted octanol–water partition coefficient (Wildman–Crippen LogP) is 1.38. The second-order valence-corrected chi connectivity index (χ2v) is 3.75. The van der Waals surface area contributed by atoms with Crippen molar-refractivity contribution in [2.24, 2.45) is 0 Å². The van der Waals surface area contributed by atoms with E-state index in [1.54, 1.807) is 0 Å². The zero-order valence-corrected chi connectivity index (χ0v) is 11.5. The topological polar surface area (TPSA) is 78.9 Å². The molecule has 1 atom stereocenters. The molecular weight excluding hydrogens is 252 g/mol. The van der Waals surface area contributed by atoms with Gasteiger partial charge >= 0.3 is 17.9 Å². The third-order valence-corrected chi connectivity index (χ3v) is 1.88. The minimum absolute atomic E-state index is 0.278. The lowest BCUT2D eigenvalue weighted by molar-refractivity contribution is -0.163. The maximum Gasteiger partial charge on any atom is 0.347 e. The number of rotatable bonds is 8. The Balaban J connectivity index is 4.05. The van der Waals surface area contributed by atoms with Crippen molar-refractivity contribution in [1.82, 2.24) is 0 Å². The van der Waals surface area contributed by atoms with Gasteiger partial charge in [-0.1, -0.05) is 13.8 Å². The Morgan fingerprint density at radius 1 is 0.947 bits per heavy atom. The zero-order valence-electron chi connectivity index (χ0n) is 11.5. The number of hydrogen-bond donors (Lipinski definition) is 0. The van der Waals surface area contributed by atoms with Crippen LogP contribution in [0.2, 0.25) is 0 Å². The third-order valence-electron chi connectivity index (χ3n) is 1.88. The van der Waals surface area contributed by atoms with Crippen LogP contribution >= 0.6 is 0 Å². The van der Waals surface area contributed by atoms with Crippen molar-refractivity contribution in [3.63, 3.8) is 0 Å². The third kappa shape index (κ3) is 8.82. The Hall–Kier alpha value is -1.85. The summed E-state index contributed by atoms with van der Waals surface area (Å²) in [6.07, 6.45) is 2.26. The Morgan fingerprint density at radius 3 is 2.05 bits per heavy atom. The summed E-state index contributed by atoms with van der Waals surface area (Å²) in [6.45, 7) is 5.68. The van der Waals surface area contributed by atoms with Crippen molar-refractivity contribution in [3.05, 3.63) is 12.2 Å². The molecule has 108 valence electrons. The fourth-order valence-corrected chi connectivity index (χ4v) is 0.968. The highest BCUT2D eigenvalue weighted by Crippen LogP contribution is 1.97. The van der Waals surface area contributed by atoms with Gasteiger partial charge in [0.15, 0.2) is 6.10 Å². The molecule has 0 heterocycles. The predicted molar refractivity (Wildman–Crippen MR) is 67.2 cm³/mol. The molecule has 0 aromatic rings. The maximum absolute atomic E-state index is 11.3. The highest BCUT2D eigenvalue weighted by molar-refractivity contribution is 5.92. The molecule has 6 heteroatoms. The van der Waals surface area contributed by atoms with E-state index in [9.17, 15) is 14.4 Å². The van der Waals surface area contributed by atoms with Crippen LogP contribution in [0.1, 0.15) is 33.6 Å². The van der Waals surface area contributed by atoms with Crippen LogP contribution in [0.15, 0.2) is 12.2 Å². The van der Waals surface area contributed by atoms with E-state index in [-0.39, 0.29) is 13.2 Å². The second kappa shape index (κ2) is 10.1. The summed E-state index contributed by atoms with van der Waals surface area (Å²) in [4.78, 5) is 33.6. The van der Waals surface area contributed by atoms with Crippen molar-refractivity contribution in [2.75, 3.05) is 13.2 Å². The van der Waals surface area contributed by atoms with Crippen LogP contribution in [0, 0.1) is 0 Å². The number of hydrogen-bond acceptors (Lipinski definition) is 6. The Morgan fingerprint density at radius 2 is 1.47 bits per heavy atom. The summed E-state index contributed by atoms with van der Waals surface area (Å²) in [5, 5.41) is 0. The largest absolute Gasteiger partial charge is 0.463 e. The average Bonchev–Trinajstić information content (AvgIpc) is 2.39. The quantitative estimate of drug-likeness (QED) is 0.377. The molecule has 6 nitrogen and oxygen atoms in total. The van der Waals surface area contributed by atoms with Crippen LogP contribution in [-0.4, -0.2) is 37.2 Å². The molecule has 0 saturated heterocycles. The molecule has 0 saturated carbocycles. The Bertz CT molecular complexity index is 334. The minimum atomic E-state index is -1.00. The average molecular weight is 272 g/mol. The van der Waals surface area contributed by atoms with Gasteiger partial charge in [-0.15, -0.1) is 0 Å². The second-order valence-electron chi connectivity index (χ2n) is 3.75. The highest BCUT2D eigenvalue weighted by atomic mass is 16.6. The van der Waals surface area contributed by atoms with Gasteiger partial charge in [-0.3, -0.25) is 0 Å². The standard InChI is InChI=1S/C13H20O6/c1-4-8-17-11(14)6-7-12(15)19-10(3)13(16)18-9-5-2/h6-7,10H,4-5,8-9H2,1-3H3/b7-6-. The van der Waals surface area contributed by atoms with Gasteiger partial charge in [0.1, 0.15) is 0 Å². The van der Waals surface area contributed by atoms with E-state index in [1.165, 1.54) is 6.92 Å². The van der Waals surface area contributed by atoms with Gasteiger partial charge in [0.2, 0.25) is 0 Å². The van der Waals surface area contributed by atoms with Crippen LogP contribution in [-0.2, 0) is 28.6 Å². The summed E-state index contributed by atoms with van der Waals surface area (Å²) in [6, 6.07) is 0. The van der Waals surface area contributed by atoms with Crippen LogP contribution < -0.4 is 0 Å². The summed E-state index contributed by atoms with van der Waals surface area (Å²) in [5.41, 5.74) is 0. The molecule has 0 radical (unpaired) electrons. The lowest BCUT2D eigenvalue weighted by Crippen LogP contribution is -2.25. The molecule has 0 N–H and O–H groups in total. The van der Waals surface area contributed by atoms with Crippen molar-refractivity contribution in [2.45, 2.75) is 39.7 Å². The number of ether oxygens (including phenoxy) is 3. The molecule has 0 aromatic carbocycles. The number of carbonyl (C=O) groups is 3. The lowest BCUT2D eigenvalue weighted by Gasteiger charge is -2.10. The smallest absolute Gasteiger partial charge is 0.347 e. The summed E-state index contributed by atoms with van der Waals surface area (Å²) in [7, 11) is 0. The molecule has 0 bridgehead atoms. The molecule has 19 heavy (non-hydrogen) atoms. The minimum Gasteiger partial charge on any atom is -0.463 e. The first kappa shape index (κ1) is 17.2. The van der Waals surface area contributed by atoms with E-state index in [4.69, 9.17) is 14.2 Å². The van der Waals surface area contributed by atoms with E-state index >= 15 is 0 Å². The summed E-state index contributed by atoms with van der Waals surface area (Å²) in [5.74, 6) is -2.04. The van der Waals surface area contributed by atoms with E-state index in [0.717, 1.165) is 12.2 Å². The molecule has 0 spiro atoms. The molecule has 0 amide bonds. The molecule has 1 unspecified atom stereocenters. The monoisotopic (exact) mass is 272 g/mol. The molecular formula is C13H20O6. The van der Waals surface area contributed by atoms with Crippen molar-refractivity contribution >= 4 is 17.9 Å². The fourth-order valence-electron chi connectivity index (χ4n) is 0.968. The normalized spacial score (nSPS) is 11.9. The highest BCUT2D eigenvalue weighted by Gasteiger charge is 2.17. The summed E-state index contributed by atoms with van der Waals surface area (Å²) < 4.78 is 14.3. The first-order valence-electron chi connectivity index (χ1n) is 6.23. The fraction of sp³-hybridized carbons (Fsp3) is 0.615. The van der Waals surface area contributed by atoms with Crippen LogP contribution in [0.5, 0.6) is 0 Å². The maximum atomic E-state index is 11.3. The van der Waals surface area contributed by atoms with Crippen molar-refractivity contribution < 1.29 is 28.6 Å². The van der Waals surface area contributed by atoms with Crippen molar-refractivity contribution in [3.8, 4) is 0 Å². The Labute approximate surface area is 112 Å². The Kier molecular flexibility index (Phi) is 9.12. The van der Waals surface area contributed by atoms with Crippen LogP contribution in [0.4, 0.5) is 0 Å². The van der Waals surface area contributed by atoms with Gasteiger partial charge < -0.3 is 14.2 Å². The van der Waals surface area contributed by atoms with E-state index < -0.39 is 24.0 Å². The molecule has 0 aliphatic rings. The van der Waals surface area contributed by atoms with Gasteiger partial charge in [-0.2, -0.15) is 0 Å². The van der Waals surface area contributed by atoms with E-state index in [0.29, 0.717) is 12.8 Å².